The molecule has 0 atom stereocenters. The number of nitrogens with zero attached hydrogens (tertiary/aromatic N) is 3. The Bertz CT molecular complexity index is 733. The van der Waals surface area contributed by atoms with Crippen molar-refractivity contribution in [3.05, 3.63) is 28.4 Å². The maximum absolute atomic E-state index is 11.1. The van der Waals surface area contributed by atoms with Gasteiger partial charge in [-0.25, -0.2) is 4.98 Å². The second-order valence-corrected chi connectivity index (χ2v) is 14.2. The molecule has 1 aromatic rings. The van der Waals surface area contributed by atoms with Crippen molar-refractivity contribution in [2.45, 2.75) is 219 Å². The van der Waals surface area contributed by atoms with Crippen LogP contribution >= 0.6 is 0 Å². The molecule has 5 nitrogen and oxygen atoms in total. The summed E-state index contributed by atoms with van der Waals surface area (Å²) < 4.78 is 0. The molecule has 0 aliphatic heterocycles. The van der Waals surface area contributed by atoms with Gasteiger partial charge in [-0.3, -0.25) is 10.1 Å². The van der Waals surface area contributed by atoms with Crippen LogP contribution in [0.3, 0.4) is 0 Å². The summed E-state index contributed by atoms with van der Waals surface area (Å²) in [5.74, 6) is 0.896. The molecule has 0 aliphatic rings. The molecule has 0 saturated carbocycles. The number of pyridine rings is 1. The SMILES string of the molecule is CCCCCCCCCCCCCCCCCCN(CCCCCCCCCCCCCCCCCC)c1ccc([N+](=O)[O-])cn1. The van der Waals surface area contributed by atoms with E-state index < -0.39 is 0 Å². The van der Waals surface area contributed by atoms with E-state index in [0.717, 1.165) is 18.9 Å². The smallest absolute Gasteiger partial charge is 0.287 e. The van der Waals surface area contributed by atoms with Gasteiger partial charge in [-0.1, -0.05) is 206 Å². The van der Waals surface area contributed by atoms with E-state index >= 15 is 0 Å². The summed E-state index contributed by atoms with van der Waals surface area (Å²) in [5, 5.41) is 11.1. The number of aromatic nitrogens is 1. The molecule has 0 saturated heterocycles. The number of rotatable bonds is 36. The van der Waals surface area contributed by atoms with E-state index in [-0.39, 0.29) is 10.6 Å². The Balaban J connectivity index is 2.10. The van der Waals surface area contributed by atoms with Crippen molar-refractivity contribution in [1.82, 2.24) is 4.98 Å². The van der Waals surface area contributed by atoms with Crippen molar-refractivity contribution >= 4 is 11.5 Å². The lowest BCUT2D eigenvalue weighted by atomic mass is 10.0. The Hall–Kier alpha value is -1.65. The first-order valence-corrected chi connectivity index (χ1v) is 20.5. The predicted octanol–water partition coefficient (Wildman–Crippen LogP) is 14.3. The van der Waals surface area contributed by atoms with Crippen molar-refractivity contribution in [2.24, 2.45) is 0 Å². The van der Waals surface area contributed by atoms with Crippen molar-refractivity contribution < 1.29 is 4.92 Å². The number of unbranched alkanes of at least 4 members (excludes halogenated alkanes) is 30. The van der Waals surface area contributed by atoms with Crippen LogP contribution in [0.4, 0.5) is 11.5 Å². The minimum atomic E-state index is -0.355. The third kappa shape index (κ3) is 26.4. The quantitative estimate of drug-likeness (QED) is 0.0415. The molecule has 1 aromatic heterocycles. The lowest BCUT2D eigenvalue weighted by Gasteiger charge is -2.23. The Morgan fingerprint density at radius 3 is 1.00 bits per heavy atom. The normalized spacial score (nSPS) is 11.3. The molecular weight excluding hydrogens is 566 g/mol. The molecule has 0 aromatic carbocycles. The van der Waals surface area contributed by atoms with E-state index in [9.17, 15) is 10.1 Å². The van der Waals surface area contributed by atoms with Gasteiger partial charge >= 0.3 is 0 Å². The van der Waals surface area contributed by atoms with E-state index in [1.165, 1.54) is 212 Å². The molecule has 46 heavy (non-hydrogen) atoms. The molecule has 0 fully saturated rings. The highest BCUT2D eigenvalue weighted by Gasteiger charge is 2.11. The lowest BCUT2D eigenvalue weighted by Crippen LogP contribution is -2.26. The molecular formula is C41H77N3O2. The average Bonchev–Trinajstić information content (AvgIpc) is 3.07. The van der Waals surface area contributed by atoms with Crippen LogP contribution in [0.5, 0.6) is 0 Å². The van der Waals surface area contributed by atoms with Gasteiger partial charge in [0.05, 0.1) is 4.92 Å². The Labute approximate surface area is 286 Å². The highest BCUT2D eigenvalue weighted by Crippen LogP contribution is 2.20. The fraction of sp³-hybridized carbons (Fsp3) is 0.878. The van der Waals surface area contributed by atoms with Gasteiger partial charge in [0.2, 0.25) is 0 Å². The van der Waals surface area contributed by atoms with E-state index in [2.05, 4.69) is 23.7 Å². The van der Waals surface area contributed by atoms with Gasteiger partial charge < -0.3 is 4.90 Å². The molecule has 1 rings (SSSR count). The van der Waals surface area contributed by atoms with Gasteiger partial charge in [0.1, 0.15) is 12.0 Å². The van der Waals surface area contributed by atoms with E-state index in [4.69, 9.17) is 0 Å². The first-order valence-electron chi connectivity index (χ1n) is 20.5. The number of hydrogen-bond acceptors (Lipinski definition) is 4. The average molecular weight is 644 g/mol. The highest BCUT2D eigenvalue weighted by molar-refractivity contribution is 5.42. The van der Waals surface area contributed by atoms with Crippen LogP contribution in [-0.2, 0) is 0 Å². The lowest BCUT2D eigenvalue weighted by molar-refractivity contribution is -0.385. The zero-order valence-electron chi connectivity index (χ0n) is 30.9. The fourth-order valence-corrected chi connectivity index (χ4v) is 6.72. The van der Waals surface area contributed by atoms with Crippen LogP contribution in [0.25, 0.3) is 0 Å². The van der Waals surface area contributed by atoms with Crippen molar-refractivity contribution in [1.29, 1.82) is 0 Å². The van der Waals surface area contributed by atoms with Gasteiger partial charge in [-0.05, 0) is 18.9 Å². The summed E-state index contributed by atoms with van der Waals surface area (Å²) >= 11 is 0. The Morgan fingerprint density at radius 1 is 0.478 bits per heavy atom. The maximum atomic E-state index is 11.1. The first kappa shape index (κ1) is 42.4. The van der Waals surface area contributed by atoms with E-state index in [1.807, 2.05) is 6.07 Å². The Morgan fingerprint density at radius 2 is 0.761 bits per heavy atom. The summed E-state index contributed by atoms with van der Waals surface area (Å²) in [6.07, 6.45) is 45.6. The zero-order valence-corrected chi connectivity index (χ0v) is 30.9. The van der Waals surface area contributed by atoms with Gasteiger partial charge in [-0.2, -0.15) is 0 Å². The summed E-state index contributed by atoms with van der Waals surface area (Å²) in [5.41, 5.74) is 0.0773. The van der Waals surface area contributed by atoms with Crippen molar-refractivity contribution in [2.75, 3.05) is 18.0 Å². The number of anilines is 1. The molecule has 1 heterocycles. The summed E-state index contributed by atoms with van der Waals surface area (Å²) in [6.45, 7) is 6.59. The third-order valence-electron chi connectivity index (χ3n) is 9.83. The molecule has 0 radical (unpaired) electrons. The second-order valence-electron chi connectivity index (χ2n) is 14.2. The fourth-order valence-electron chi connectivity index (χ4n) is 6.72. The predicted molar refractivity (Wildman–Crippen MR) is 202 cm³/mol. The molecule has 0 aliphatic carbocycles. The maximum Gasteiger partial charge on any atom is 0.287 e. The molecule has 0 amide bonds. The molecule has 0 bridgehead atoms. The highest BCUT2D eigenvalue weighted by atomic mass is 16.6. The second kappa shape index (κ2) is 33.3. The van der Waals surface area contributed by atoms with Crippen LogP contribution in [0.2, 0.25) is 0 Å². The largest absolute Gasteiger partial charge is 0.357 e. The van der Waals surface area contributed by atoms with Crippen LogP contribution in [-0.4, -0.2) is 23.0 Å². The van der Waals surface area contributed by atoms with Crippen molar-refractivity contribution in [3.8, 4) is 0 Å². The summed E-state index contributed by atoms with van der Waals surface area (Å²) in [6, 6.07) is 3.45. The van der Waals surface area contributed by atoms with Crippen LogP contribution in [0, 0.1) is 10.1 Å². The Kier molecular flexibility index (Phi) is 30.6. The van der Waals surface area contributed by atoms with E-state index in [0.29, 0.717) is 0 Å². The number of nitro groups is 1. The standard InChI is InChI=1S/C41H77N3O2/c1-3-5-7-9-11-13-15-17-19-21-23-25-27-29-31-33-37-43(41-36-35-40(39-42-41)44(45)46)38-34-32-30-28-26-24-22-20-18-16-14-12-10-8-6-4-2/h35-36,39H,3-34,37-38H2,1-2H3. The minimum absolute atomic E-state index is 0.0773. The van der Waals surface area contributed by atoms with Gasteiger partial charge in [0.15, 0.2) is 0 Å². The van der Waals surface area contributed by atoms with Crippen LogP contribution in [0.1, 0.15) is 219 Å². The molecule has 0 N–H and O–H groups in total. The van der Waals surface area contributed by atoms with Gasteiger partial charge in [0, 0.05) is 19.2 Å². The number of hydrogen-bond donors (Lipinski definition) is 0. The van der Waals surface area contributed by atoms with Crippen LogP contribution < -0.4 is 4.90 Å². The topological polar surface area (TPSA) is 59.3 Å². The third-order valence-corrected chi connectivity index (χ3v) is 9.83. The van der Waals surface area contributed by atoms with Gasteiger partial charge in [-0.15, -0.1) is 0 Å². The zero-order chi connectivity index (χ0) is 33.2. The van der Waals surface area contributed by atoms with Crippen LogP contribution in [0.15, 0.2) is 18.3 Å². The molecule has 0 spiro atoms. The molecule has 5 heteroatoms. The van der Waals surface area contributed by atoms with Crippen molar-refractivity contribution in [3.63, 3.8) is 0 Å². The first-order chi connectivity index (χ1) is 22.7. The molecule has 0 unspecified atom stereocenters. The summed E-state index contributed by atoms with van der Waals surface area (Å²) in [7, 11) is 0. The minimum Gasteiger partial charge on any atom is -0.357 e. The summed E-state index contributed by atoms with van der Waals surface area (Å²) in [4.78, 5) is 17.6. The van der Waals surface area contributed by atoms with E-state index in [1.54, 1.807) is 6.07 Å². The monoisotopic (exact) mass is 644 g/mol. The van der Waals surface area contributed by atoms with Gasteiger partial charge in [0.25, 0.3) is 5.69 Å². The molecule has 268 valence electrons.